The van der Waals surface area contributed by atoms with Crippen LogP contribution in [0.15, 0.2) is 33.6 Å². The second-order valence-corrected chi connectivity index (χ2v) is 8.00. The summed E-state index contributed by atoms with van der Waals surface area (Å²) in [7, 11) is -4.09. The van der Waals surface area contributed by atoms with E-state index in [0.29, 0.717) is 23.2 Å². The fourth-order valence-corrected chi connectivity index (χ4v) is 4.44. The molecule has 0 radical (unpaired) electrons. The molecule has 140 valence electrons. The highest BCUT2D eigenvalue weighted by atomic mass is 32.2. The molecule has 1 fully saturated rings. The van der Waals surface area contributed by atoms with Crippen molar-refractivity contribution in [3.05, 3.63) is 53.0 Å². The third kappa shape index (κ3) is 3.36. The summed E-state index contributed by atoms with van der Waals surface area (Å²) in [6.45, 7) is 3.83. The Balaban J connectivity index is 1.73. The Morgan fingerprint density at radius 1 is 1.08 bits per heavy atom. The number of carbonyl (C=O) groups excluding carboxylic acids is 1. The van der Waals surface area contributed by atoms with Crippen molar-refractivity contribution in [2.24, 2.45) is 0 Å². The zero-order valence-electron chi connectivity index (χ0n) is 14.3. The molecule has 2 heterocycles. The van der Waals surface area contributed by atoms with Crippen LogP contribution in [0, 0.1) is 25.5 Å². The van der Waals surface area contributed by atoms with Crippen LogP contribution < -0.4 is 0 Å². The standard InChI is InChI=1S/C17H18F2N2O4S/c1-11-9-14(12(2)25-11)17(22)20-5-7-21(8-6-20)26(23,24)16-4-3-13(18)10-15(16)19/h3-4,9-10H,5-8H2,1-2H3. The first-order chi connectivity index (χ1) is 12.2. The molecular weight excluding hydrogens is 366 g/mol. The minimum Gasteiger partial charge on any atom is -0.466 e. The molecule has 0 N–H and O–H groups in total. The number of rotatable bonds is 3. The lowest BCUT2D eigenvalue weighted by molar-refractivity contribution is 0.0696. The summed E-state index contributed by atoms with van der Waals surface area (Å²) in [6.07, 6.45) is 0. The van der Waals surface area contributed by atoms with Crippen LogP contribution in [0.2, 0.25) is 0 Å². The molecule has 1 aliphatic rings. The lowest BCUT2D eigenvalue weighted by atomic mass is 10.2. The van der Waals surface area contributed by atoms with Crippen LogP contribution >= 0.6 is 0 Å². The fourth-order valence-electron chi connectivity index (χ4n) is 2.97. The molecule has 0 saturated carbocycles. The van der Waals surface area contributed by atoms with E-state index in [2.05, 4.69) is 0 Å². The van der Waals surface area contributed by atoms with E-state index in [-0.39, 0.29) is 32.1 Å². The molecule has 0 atom stereocenters. The molecule has 0 spiro atoms. The van der Waals surface area contributed by atoms with Gasteiger partial charge in [-0.1, -0.05) is 0 Å². The number of piperazine rings is 1. The van der Waals surface area contributed by atoms with Crippen molar-refractivity contribution in [2.75, 3.05) is 26.2 Å². The number of halogens is 2. The van der Waals surface area contributed by atoms with E-state index < -0.39 is 26.6 Å². The zero-order chi connectivity index (χ0) is 19.1. The predicted molar refractivity (Wildman–Crippen MR) is 89.2 cm³/mol. The third-order valence-electron chi connectivity index (χ3n) is 4.31. The number of carbonyl (C=O) groups is 1. The van der Waals surface area contributed by atoms with Crippen LogP contribution in [0.25, 0.3) is 0 Å². The van der Waals surface area contributed by atoms with Gasteiger partial charge in [-0.05, 0) is 32.0 Å². The molecule has 9 heteroatoms. The number of aryl methyl sites for hydroxylation is 2. The van der Waals surface area contributed by atoms with Crippen LogP contribution in [-0.4, -0.2) is 49.7 Å². The largest absolute Gasteiger partial charge is 0.466 e. The van der Waals surface area contributed by atoms with Gasteiger partial charge < -0.3 is 9.32 Å². The molecule has 26 heavy (non-hydrogen) atoms. The van der Waals surface area contributed by atoms with Gasteiger partial charge in [-0.25, -0.2) is 17.2 Å². The summed E-state index contributed by atoms with van der Waals surface area (Å²) in [5.41, 5.74) is 0.448. The van der Waals surface area contributed by atoms with Crippen LogP contribution in [0.4, 0.5) is 8.78 Å². The van der Waals surface area contributed by atoms with Gasteiger partial charge in [0.1, 0.15) is 28.1 Å². The Kier molecular flexibility index (Phi) is 4.85. The number of nitrogens with zero attached hydrogens (tertiary/aromatic N) is 2. The number of hydrogen-bond donors (Lipinski definition) is 0. The topological polar surface area (TPSA) is 70.8 Å². The summed E-state index contributed by atoms with van der Waals surface area (Å²) in [5.74, 6) is -1.07. The summed E-state index contributed by atoms with van der Waals surface area (Å²) in [6, 6.07) is 4.00. The van der Waals surface area contributed by atoms with E-state index in [9.17, 15) is 22.0 Å². The van der Waals surface area contributed by atoms with Gasteiger partial charge in [0.2, 0.25) is 10.0 Å². The van der Waals surface area contributed by atoms with E-state index >= 15 is 0 Å². The molecule has 1 aliphatic heterocycles. The van der Waals surface area contributed by atoms with Gasteiger partial charge in [-0.3, -0.25) is 4.79 Å². The highest BCUT2D eigenvalue weighted by molar-refractivity contribution is 7.89. The molecule has 0 unspecified atom stereocenters. The van der Waals surface area contributed by atoms with Gasteiger partial charge in [0.25, 0.3) is 5.91 Å². The molecule has 1 saturated heterocycles. The van der Waals surface area contributed by atoms with Gasteiger partial charge in [-0.2, -0.15) is 4.31 Å². The average molecular weight is 384 g/mol. The van der Waals surface area contributed by atoms with E-state index in [4.69, 9.17) is 4.42 Å². The van der Waals surface area contributed by atoms with Gasteiger partial charge >= 0.3 is 0 Å². The minimum absolute atomic E-state index is 0.0285. The Morgan fingerprint density at radius 3 is 2.27 bits per heavy atom. The summed E-state index contributed by atoms with van der Waals surface area (Å²) in [4.78, 5) is 13.5. The molecule has 6 nitrogen and oxygen atoms in total. The number of sulfonamides is 1. The number of furan rings is 1. The van der Waals surface area contributed by atoms with Gasteiger partial charge in [0, 0.05) is 32.2 Å². The van der Waals surface area contributed by atoms with Crippen LogP contribution in [0.5, 0.6) is 0 Å². The van der Waals surface area contributed by atoms with Gasteiger partial charge in [0.15, 0.2) is 0 Å². The van der Waals surface area contributed by atoms with E-state index in [1.807, 2.05) is 0 Å². The van der Waals surface area contributed by atoms with Crippen LogP contribution in [0.1, 0.15) is 21.9 Å². The SMILES string of the molecule is Cc1cc(C(=O)N2CCN(S(=O)(=O)c3ccc(F)cc3F)CC2)c(C)o1. The lowest BCUT2D eigenvalue weighted by Crippen LogP contribution is -2.50. The second kappa shape index (κ2) is 6.81. The molecule has 1 amide bonds. The van der Waals surface area contributed by atoms with E-state index in [0.717, 1.165) is 16.4 Å². The molecule has 1 aromatic heterocycles. The fraction of sp³-hybridized carbons (Fsp3) is 0.353. The first kappa shape index (κ1) is 18.5. The Hall–Kier alpha value is -2.26. The van der Waals surface area contributed by atoms with Crippen molar-refractivity contribution in [3.8, 4) is 0 Å². The number of benzene rings is 1. The molecule has 2 aromatic rings. The van der Waals surface area contributed by atoms with Gasteiger partial charge in [-0.15, -0.1) is 0 Å². The van der Waals surface area contributed by atoms with Crippen LogP contribution in [0.3, 0.4) is 0 Å². The molecule has 0 aliphatic carbocycles. The molecule has 0 bridgehead atoms. The molecular formula is C17H18F2N2O4S. The maximum Gasteiger partial charge on any atom is 0.257 e. The highest BCUT2D eigenvalue weighted by Crippen LogP contribution is 2.23. The van der Waals surface area contributed by atoms with E-state index in [1.165, 1.54) is 4.90 Å². The molecule has 1 aromatic carbocycles. The maximum atomic E-state index is 13.9. The van der Waals surface area contributed by atoms with Crippen LogP contribution in [-0.2, 0) is 10.0 Å². The normalized spacial score (nSPS) is 16.1. The Labute approximate surface area is 150 Å². The van der Waals surface area contributed by atoms with Crippen molar-refractivity contribution in [2.45, 2.75) is 18.7 Å². The van der Waals surface area contributed by atoms with Gasteiger partial charge in [0.05, 0.1) is 5.56 Å². The third-order valence-corrected chi connectivity index (χ3v) is 6.24. The Morgan fingerprint density at radius 2 is 1.73 bits per heavy atom. The second-order valence-electron chi connectivity index (χ2n) is 6.10. The smallest absolute Gasteiger partial charge is 0.257 e. The minimum atomic E-state index is -4.09. The molecule has 3 rings (SSSR count). The quantitative estimate of drug-likeness (QED) is 0.814. The first-order valence-electron chi connectivity index (χ1n) is 8.01. The van der Waals surface area contributed by atoms with Crippen molar-refractivity contribution < 1.29 is 26.4 Å². The lowest BCUT2D eigenvalue weighted by Gasteiger charge is -2.34. The summed E-state index contributed by atoms with van der Waals surface area (Å²) >= 11 is 0. The Bertz CT molecular complexity index is 948. The van der Waals surface area contributed by atoms with Crippen molar-refractivity contribution >= 4 is 15.9 Å². The first-order valence-corrected chi connectivity index (χ1v) is 9.45. The highest BCUT2D eigenvalue weighted by Gasteiger charge is 2.33. The summed E-state index contributed by atoms with van der Waals surface area (Å²) in [5, 5.41) is 0. The number of amides is 1. The van der Waals surface area contributed by atoms with E-state index in [1.54, 1.807) is 19.9 Å². The van der Waals surface area contributed by atoms with Crippen molar-refractivity contribution in [3.63, 3.8) is 0 Å². The summed E-state index contributed by atoms with van der Waals surface area (Å²) < 4.78 is 58.5. The average Bonchev–Trinajstić information content (AvgIpc) is 2.92. The maximum absolute atomic E-state index is 13.9. The monoisotopic (exact) mass is 384 g/mol. The number of hydrogen-bond acceptors (Lipinski definition) is 4. The predicted octanol–water partition coefficient (Wildman–Crippen LogP) is 2.32. The van der Waals surface area contributed by atoms with Crippen molar-refractivity contribution in [1.82, 2.24) is 9.21 Å². The zero-order valence-corrected chi connectivity index (χ0v) is 15.1. The van der Waals surface area contributed by atoms with Crippen molar-refractivity contribution in [1.29, 1.82) is 0 Å².